The Bertz CT molecular complexity index is 801. The molecular formula is C22H25ClN2O2. The van der Waals surface area contributed by atoms with Crippen molar-refractivity contribution in [2.24, 2.45) is 5.92 Å². The fourth-order valence-corrected chi connectivity index (χ4v) is 4.20. The summed E-state index contributed by atoms with van der Waals surface area (Å²) in [5, 5.41) is 3.69. The maximum absolute atomic E-state index is 12.6. The predicted octanol–water partition coefficient (Wildman–Crippen LogP) is 3.92. The van der Waals surface area contributed by atoms with Gasteiger partial charge in [-0.1, -0.05) is 41.9 Å². The zero-order valence-corrected chi connectivity index (χ0v) is 16.2. The Kier molecular flexibility index (Phi) is 5.65. The Morgan fingerprint density at radius 2 is 1.96 bits per heavy atom. The molecule has 2 aliphatic rings. The highest BCUT2D eigenvalue weighted by atomic mass is 35.5. The van der Waals surface area contributed by atoms with E-state index in [-0.39, 0.29) is 5.91 Å². The van der Waals surface area contributed by atoms with Gasteiger partial charge in [0, 0.05) is 24.5 Å². The van der Waals surface area contributed by atoms with Gasteiger partial charge >= 0.3 is 0 Å². The maximum atomic E-state index is 12.6. The standard InChI is InChI=1S/C22H25ClN2O2/c23-19-12-18-8-11-27-21(18)20(13-19)22(26)24-14-16-6-9-25(10-7-16)15-17-4-2-1-3-5-17/h1-5,12-13,16H,6-11,14-15H2,(H,24,26). The number of likely N-dealkylation sites (tertiary alicyclic amines) is 1. The third kappa shape index (κ3) is 4.45. The van der Waals surface area contributed by atoms with Crippen molar-refractivity contribution in [1.82, 2.24) is 10.2 Å². The molecule has 4 rings (SSSR count). The van der Waals surface area contributed by atoms with Crippen molar-refractivity contribution in [1.29, 1.82) is 0 Å². The van der Waals surface area contributed by atoms with Crippen LogP contribution in [0.4, 0.5) is 0 Å². The smallest absolute Gasteiger partial charge is 0.255 e. The maximum Gasteiger partial charge on any atom is 0.255 e. The van der Waals surface area contributed by atoms with E-state index in [4.69, 9.17) is 16.3 Å². The molecule has 142 valence electrons. The predicted molar refractivity (Wildman–Crippen MR) is 107 cm³/mol. The van der Waals surface area contributed by atoms with Crippen LogP contribution in [0.3, 0.4) is 0 Å². The SMILES string of the molecule is O=C(NCC1CCN(Cc2ccccc2)CC1)c1cc(Cl)cc2c1OCC2. The van der Waals surface area contributed by atoms with E-state index in [0.29, 0.717) is 35.4 Å². The van der Waals surface area contributed by atoms with E-state index in [1.165, 1.54) is 5.56 Å². The van der Waals surface area contributed by atoms with Crippen LogP contribution in [-0.2, 0) is 13.0 Å². The zero-order chi connectivity index (χ0) is 18.6. The highest BCUT2D eigenvalue weighted by molar-refractivity contribution is 6.31. The zero-order valence-electron chi connectivity index (χ0n) is 15.4. The topological polar surface area (TPSA) is 41.6 Å². The third-order valence-electron chi connectivity index (χ3n) is 5.50. The van der Waals surface area contributed by atoms with Crippen LogP contribution in [0.5, 0.6) is 5.75 Å². The molecular weight excluding hydrogens is 360 g/mol. The highest BCUT2D eigenvalue weighted by Crippen LogP contribution is 2.32. The van der Waals surface area contributed by atoms with E-state index in [1.807, 2.05) is 6.07 Å². The minimum absolute atomic E-state index is 0.0811. The van der Waals surface area contributed by atoms with E-state index >= 15 is 0 Å². The van der Waals surface area contributed by atoms with E-state index in [9.17, 15) is 4.79 Å². The van der Waals surface area contributed by atoms with Crippen molar-refractivity contribution in [3.05, 3.63) is 64.2 Å². The molecule has 2 aliphatic heterocycles. The second-order valence-corrected chi connectivity index (χ2v) is 7.89. The molecule has 0 spiro atoms. The van der Waals surface area contributed by atoms with Crippen LogP contribution in [-0.4, -0.2) is 37.0 Å². The molecule has 2 heterocycles. The molecule has 27 heavy (non-hydrogen) atoms. The van der Waals surface area contributed by atoms with E-state index in [1.54, 1.807) is 6.07 Å². The Hall–Kier alpha value is -2.04. The average Bonchev–Trinajstić information content (AvgIpc) is 3.15. The second-order valence-electron chi connectivity index (χ2n) is 7.46. The lowest BCUT2D eigenvalue weighted by atomic mass is 9.96. The van der Waals surface area contributed by atoms with Gasteiger partial charge < -0.3 is 10.1 Å². The molecule has 0 aliphatic carbocycles. The molecule has 0 unspecified atom stereocenters. The monoisotopic (exact) mass is 384 g/mol. The second kappa shape index (κ2) is 8.32. The third-order valence-corrected chi connectivity index (χ3v) is 5.72. The minimum Gasteiger partial charge on any atom is -0.492 e. The molecule has 1 fully saturated rings. The summed E-state index contributed by atoms with van der Waals surface area (Å²) in [4.78, 5) is 15.1. The number of rotatable bonds is 5. The lowest BCUT2D eigenvalue weighted by Gasteiger charge is -2.32. The highest BCUT2D eigenvalue weighted by Gasteiger charge is 2.24. The lowest BCUT2D eigenvalue weighted by Crippen LogP contribution is -2.38. The summed E-state index contributed by atoms with van der Waals surface area (Å²) >= 11 is 6.16. The van der Waals surface area contributed by atoms with Crippen LogP contribution in [0.2, 0.25) is 5.02 Å². The summed E-state index contributed by atoms with van der Waals surface area (Å²) < 4.78 is 5.64. The number of piperidine rings is 1. The number of nitrogens with zero attached hydrogens (tertiary/aromatic N) is 1. The molecule has 0 bridgehead atoms. The van der Waals surface area contributed by atoms with Gasteiger partial charge in [0.15, 0.2) is 0 Å². The number of halogens is 1. The quantitative estimate of drug-likeness (QED) is 0.849. The number of ether oxygens (including phenoxy) is 1. The molecule has 2 aromatic rings. The van der Waals surface area contributed by atoms with Gasteiger partial charge in [-0.2, -0.15) is 0 Å². The van der Waals surface area contributed by atoms with Crippen LogP contribution in [0.15, 0.2) is 42.5 Å². The number of hydrogen-bond donors (Lipinski definition) is 1. The van der Waals surface area contributed by atoms with Gasteiger partial charge in [-0.25, -0.2) is 0 Å². The van der Waals surface area contributed by atoms with Crippen molar-refractivity contribution in [3.63, 3.8) is 0 Å². The van der Waals surface area contributed by atoms with Crippen LogP contribution in [0.1, 0.15) is 34.3 Å². The molecule has 1 N–H and O–H groups in total. The molecule has 1 saturated heterocycles. The minimum atomic E-state index is -0.0811. The van der Waals surface area contributed by atoms with Gasteiger partial charge in [-0.05, 0) is 55.1 Å². The molecule has 4 nitrogen and oxygen atoms in total. The van der Waals surface area contributed by atoms with Crippen molar-refractivity contribution < 1.29 is 9.53 Å². The van der Waals surface area contributed by atoms with Crippen molar-refractivity contribution in [2.45, 2.75) is 25.8 Å². The van der Waals surface area contributed by atoms with Crippen LogP contribution in [0.25, 0.3) is 0 Å². The fraction of sp³-hybridized carbons (Fsp3) is 0.409. The summed E-state index contributed by atoms with van der Waals surface area (Å²) in [6.45, 7) is 4.48. The van der Waals surface area contributed by atoms with E-state index in [0.717, 1.165) is 44.5 Å². The van der Waals surface area contributed by atoms with Gasteiger partial charge in [0.1, 0.15) is 5.75 Å². The summed E-state index contributed by atoms with van der Waals surface area (Å²) in [6.07, 6.45) is 3.03. The Balaban J connectivity index is 1.27. The Morgan fingerprint density at radius 1 is 1.19 bits per heavy atom. The molecule has 0 radical (unpaired) electrons. The molecule has 0 saturated carbocycles. The lowest BCUT2D eigenvalue weighted by molar-refractivity contribution is 0.0932. The first kappa shape index (κ1) is 18.3. The van der Waals surface area contributed by atoms with E-state index < -0.39 is 0 Å². The number of fused-ring (bicyclic) bond motifs is 1. The fourth-order valence-electron chi connectivity index (χ4n) is 3.96. The van der Waals surface area contributed by atoms with E-state index in [2.05, 4.69) is 40.5 Å². The average molecular weight is 385 g/mol. The number of carbonyl (C=O) groups excluding carboxylic acids is 1. The number of benzene rings is 2. The number of nitrogens with one attached hydrogen (secondary N) is 1. The van der Waals surface area contributed by atoms with Crippen LogP contribution < -0.4 is 10.1 Å². The van der Waals surface area contributed by atoms with Gasteiger partial charge in [-0.3, -0.25) is 9.69 Å². The molecule has 0 aromatic heterocycles. The number of carbonyl (C=O) groups is 1. The summed E-state index contributed by atoms with van der Waals surface area (Å²) in [5.41, 5.74) is 2.96. The van der Waals surface area contributed by atoms with Crippen LogP contribution in [0, 0.1) is 5.92 Å². The first-order chi connectivity index (χ1) is 13.2. The molecule has 1 amide bonds. The summed E-state index contributed by atoms with van der Waals surface area (Å²) in [7, 11) is 0. The molecule has 5 heteroatoms. The van der Waals surface area contributed by atoms with Crippen molar-refractivity contribution >= 4 is 17.5 Å². The van der Waals surface area contributed by atoms with Gasteiger partial charge in [-0.15, -0.1) is 0 Å². The van der Waals surface area contributed by atoms with Crippen molar-refractivity contribution in [3.8, 4) is 5.75 Å². The normalized spacial score (nSPS) is 17.4. The van der Waals surface area contributed by atoms with Gasteiger partial charge in [0.2, 0.25) is 0 Å². The first-order valence-electron chi connectivity index (χ1n) is 9.69. The summed E-state index contributed by atoms with van der Waals surface area (Å²) in [6, 6.07) is 14.2. The summed E-state index contributed by atoms with van der Waals surface area (Å²) in [5.74, 6) is 1.14. The molecule has 2 aromatic carbocycles. The molecule has 0 atom stereocenters. The Labute approximate surface area is 165 Å². The van der Waals surface area contributed by atoms with Gasteiger partial charge in [0.05, 0.1) is 12.2 Å². The largest absolute Gasteiger partial charge is 0.492 e. The van der Waals surface area contributed by atoms with Gasteiger partial charge in [0.25, 0.3) is 5.91 Å². The number of amides is 1. The number of hydrogen-bond acceptors (Lipinski definition) is 3. The first-order valence-corrected chi connectivity index (χ1v) is 10.1. The van der Waals surface area contributed by atoms with Crippen LogP contribution >= 0.6 is 11.6 Å². The Morgan fingerprint density at radius 3 is 2.74 bits per heavy atom. The van der Waals surface area contributed by atoms with Crippen molar-refractivity contribution in [2.75, 3.05) is 26.2 Å².